The Morgan fingerprint density at radius 2 is 2.37 bits per heavy atom. The number of carboxylic acid groups (broad SMARTS) is 1. The minimum atomic E-state index is -0.810. The van der Waals surface area contributed by atoms with Gasteiger partial charge in [-0.2, -0.15) is 0 Å². The normalized spacial score (nSPS) is 12.3. The summed E-state index contributed by atoms with van der Waals surface area (Å²) in [7, 11) is 0. The molecule has 0 saturated carbocycles. The Bertz CT molecular complexity index is 357. The first-order valence-corrected chi connectivity index (χ1v) is 7.57. The number of hydrogen-bond donors (Lipinski definition) is 3. The van der Waals surface area contributed by atoms with Gasteiger partial charge >= 0.3 is 5.97 Å². The lowest BCUT2D eigenvalue weighted by atomic mass is 10.1. The number of hydrazine groups is 1. The van der Waals surface area contributed by atoms with Gasteiger partial charge in [-0.05, 0) is 49.7 Å². The molecular formula is C13H23N3O2S. The van der Waals surface area contributed by atoms with E-state index in [9.17, 15) is 9.90 Å². The van der Waals surface area contributed by atoms with Gasteiger partial charge in [-0.1, -0.05) is 6.92 Å². The van der Waals surface area contributed by atoms with Gasteiger partial charge in [0.15, 0.2) is 0 Å². The third-order valence-electron chi connectivity index (χ3n) is 2.78. The smallest absolute Gasteiger partial charge is 0.322 e. The Morgan fingerprint density at radius 1 is 1.58 bits per heavy atom. The lowest BCUT2D eigenvalue weighted by Crippen LogP contribution is -2.48. The molecule has 1 aromatic heterocycles. The fourth-order valence-electron chi connectivity index (χ4n) is 1.81. The highest BCUT2D eigenvalue weighted by Crippen LogP contribution is 2.20. The first-order valence-electron chi connectivity index (χ1n) is 6.69. The van der Waals surface area contributed by atoms with Gasteiger partial charge in [-0.15, -0.1) is 11.3 Å². The number of unbranched alkanes of at least 4 members (excludes halogenated alkanes) is 1. The predicted octanol–water partition coefficient (Wildman–Crippen LogP) is 2.05. The van der Waals surface area contributed by atoms with Crippen molar-refractivity contribution in [2.75, 3.05) is 18.1 Å². The number of carboxylic acids is 1. The van der Waals surface area contributed by atoms with Crippen LogP contribution in [0.2, 0.25) is 0 Å². The van der Waals surface area contributed by atoms with Crippen molar-refractivity contribution in [1.29, 1.82) is 0 Å². The molecule has 1 rings (SSSR count). The van der Waals surface area contributed by atoms with Crippen LogP contribution >= 0.6 is 11.3 Å². The van der Waals surface area contributed by atoms with Crippen LogP contribution in [0.1, 0.15) is 32.6 Å². The summed E-state index contributed by atoms with van der Waals surface area (Å²) >= 11 is 1.60. The number of hydrogen-bond acceptors (Lipinski definition) is 5. The van der Waals surface area contributed by atoms with E-state index in [0.29, 0.717) is 13.0 Å². The second-order valence-corrected chi connectivity index (χ2v) is 5.33. The highest BCUT2D eigenvalue weighted by Gasteiger charge is 2.20. The summed E-state index contributed by atoms with van der Waals surface area (Å²) in [6, 6.07) is 3.40. The molecular weight excluding hydrogens is 262 g/mol. The maximum absolute atomic E-state index is 11.3. The summed E-state index contributed by atoms with van der Waals surface area (Å²) in [4.78, 5) is 11.3. The maximum Gasteiger partial charge on any atom is 0.322 e. The molecule has 0 amide bonds. The van der Waals surface area contributed by atoms with Gasteiger partial charge in [0.05, 0.1) is 0 Å². The fourth-order valence-corrected chi connectivity index (χ4v) is 2.53. The largest absolute Gasteiger partial charge is 0.480 e. The van der Waals surface area contributed by atoms with Crippen LogP contribution in [0.25, 0.3) is 0 Å². The Morgan fingerprint density at radius 3 is 2.89 bits per heavy atom. The molecule has 19 heavy (non-hydrogen) atoms. The summed E-state index contributed by atoms with van der Waals surface area (Å²) in [5.74, 6) is -0.810. The number of rotatable bonds is 10. The van der Waals surface area contributed by atoms with E-state index in [4.69, 9.17) is 5.73 Å². The Hall–Kier alpha value is -1.11. The van der Waals surface area contributed by atoms with Gasteiger partial charge in [-0.3, -0.25) is 9.80 Å². The van der Waals surface area contributed by atoms with Gasteiger partial charge in [0, 0.05) is 6.54 Å². The Labute approximate surface area is 118 Å². The number of anilines is 1. The van der Waals surface area contributed by atoms with Crippen LogP contribution in [-0.2, 0) is 4.79 Å². The number of carbonyl (C=O) groups is 1. The number of nitrogens with one attached hydrogen (secondary N) is 1. The Balaban J connectivity index is 2.60. The summed E-state index contributed by atoms with van der Waals surface area (Å²) in [6.45, 7) is 3.48. The van der Waals surface area contributed by atoms with Crippen molar-refractivity contribution in [1.82, 2.24) is 5.43 Å². The third-order valence-corrected chi connectivity index (χ3v) is 3.67. The molecule has 1 aromatic rings. The highest BCUT2D eigenvalue weighted by atomic mass is 32.1. The van der Waals surface area contributed by atoms with E-state index in [1.54, 1.807) is 11.3 Å². The molecule has 0 aliphatic heterocycles. The summed E-state index contributed by atoms with van der Waals surface area (Å²) < 4.78 is 0. The van der Waals surface area contributed by atoms with Crippen LogP contribution < -0.4 is 16.2 Å². The van der Waals surface area contributed by atoms with Crippen molar-refractivity contribution < 1.29 is 9.90 Å². The number of nitrogens with zero attached hydrogens (tertiary/aromatic N) is 1. The van der Waals surface area contributed by atoms with Crippen molar-refractivity contribution in [2.24, 2.45) is 5.73 Å². The molecule has 5 nitrogen and oxygen atoms in total. The summed E-state index contributed by atoms with van der Waals surface area (Å²) in [5.41, 5.74) is 8.56. The van der Waals surface area contributed by atoms with Crippen LogP contribution in [0.5, 0.6) is 0 Å². The van der Waals surface area contributed by atoms with Crippen LogP contribution in [0.15, 0.2) is 17.5 Å². The lowest BCUT2D eigenvalue weighted by Gasteiger charge is -2.27. The topological polar surface area (TPSA) is 78.6 Å². The Kier molecular flexibility index (Phi) is 7.47. The predicted molar refractivity (Wildman–Crippen MR) is 79.4 cm³/mol. The van der Waals surface area contributed by atoms with E-state index in [2.05, 4.69) is 12.3 Å². The molecule has 0 spiro atoms. The van der Waals surface area contributed by atoms with E-state index in [1.165, 1.54) is 0 Å². The van der Waals surface area contributed by atoms with E-state index >= 15 is 0 Å². The summed E-state index contributed by atoms with van der Waals surface area (Å²) in [6.07, 6.45) is 3.24. The van der Waals surface area contributed by atoms with E-state index in [-0.39, 0.29) is 0 Å². The minimum Gasteiger partial charge on any atom is -0.480 e. The average molecular weight is 285 g/mol. The number of thiophene rings is 1. The first kappa shape index (κ1) is 15.9. The molecule has 0 aromatic carbocycles. The first-order chi connectivity index (χ1) is 9.19. The quantitative estimate of drug-likeness (QED) is 0.453. The molecule has 1 heterocycles. The molecule has 0 radical (unpaired) electrons. The molecule has 0 aliphatic rings. The monoisotopic (exact) mass is 285 g/mol. The van der Waals surface area contributed by atoms with Crippen molar-refractivity contribution in [3.8, 4) is 0 Å². The molecule has 4 N–H and O–H groups in total. The second-order valence-electron chi connectivity index (χ2n) is 4.41. The van der Waals surface area contributed by atoms with E-state index < -0.39 is 12.0 Å². The molecule has 0 saturated heterocycles. The molecule has 108 valence electrons. The zero-order valence-corrected chi connectivity index (χ0v) is 12.2. The molecule has 1 atom stereocenters. The van der Waals surface area contributed by atoms with Gasteiger partial charge in [0.25, 0.3) is 0 Å². The zero-order valence-electron chi connectivity index (χ0n) is 11.3. The highest BCUT2D eigenvalue weighted by molar-refractivity contribution is 7.14. The molecule has 0 fully saturated rings. The van der Waals surface area contributed by atoms with Crippen molar-refractivity contribution in [3.63, 3.8) is 0 Å². The molecule has 6 heteroatoms. The summed E-state index contributed by atoms with van der Waals surface area (Å²) in [5, 5.41) is 14.2. The van der Waals surface area contributed by atoms with Crippen LogP contribution in [-0.4, -0.2) is 30.2 Å². The van der Waals surface area contributed by atoms with E-state index in [1.807, 2.05) is 22.5 Å². The van der Waals surface area contributed by atoms with Gasteiger partial charge < -0.3 is 10.8 Å². The molecule has 0 unspecified atom stereocenters. The van der Waals surface area contributed by atoms with Crippen molar-refractivity contribution >= 4 is 22.3 Å². The number of aliphatic carboxylic acids is 1. The minimum absolute atomic E-state index is 0.555. The average Bonchev–Trinajstić information content (AvgIpc) is 2.90. The van der Waals surface area contributed by atoms with Crippen LogP contribution in [0.4, 0.5) is 5.00 Å². The maximum atomic E-state index is 11.3. The third kappa shape index (κ3) is 5.59. The van der Waals surface area contributed by atoms with E-state index in [0.717, 1.165) is 30.8 Å². The number of nitrogens with two attached hydrogens (primary N) is 1. The standard InChI is InChI=1S/C13H23N3O2S/c1-2-9-16(12-7-5-10-19-12)15-11(13(17)18)6-3-4-8-14/h5,7,10-11,15H,2-4,6,8-9,14H2,1H3,(H,17,18)/t11-/m0/s1. The lowest BCUT2D eigenvalue weighted by molar-refractivity contribution is -0.139. The van der Waals surface area contributed by atoms with Crippen molar-refractivity contribution in [3.05, 3.63) is 17.5 Å². The van der Waals surface area contributed by atoms with Gasteiger partial charge in [0.2, 0.25) is 0 Å². The van der Waals surface area contributed by atoms with Crippen LogP contribution in [0, 0.1) is 0 Å². The van der Waals surface area contributed by atoms with Gasteiger partial charge in [-0.25, -0.2) is 5.43 Å². The SMILES string of the molecule is CCCN(N[C@@H](CCCCN)C(=O)O)c1cccs1. The van der Waals surface area contributed by atoms with Crippen LogP contribution in [0.3, 0.4) is 0 Å². The van der Waals surface area contributed by atoms with Gasteiger partial charge in [0.1, 0.15) is 11.0 Å². The zero-order chi connectivity index (χ0) is 14.1. The fraction of sp³-hybridized carbons (Fsp3) is 0.615. The van der Waals surface area contributed by atoms with Crippen molar-refractivity contribution in [2.45, 2.75) is 38.6 Å². The molecule has 0 aliphatic carbocycles. The molecule has 0 bridgehead atoms. The second kappa shape index (κ2) is 8.90.